The minimum Gasteiger partial charge on any atom is -0.423 e. The minimum atomic E-state index is -1.19. The van der Waals surface area contributed by atoms with Crippen molar-refractivity contribution in [1.82, 2.24) is 5.32 Å². The number of hydrogen-bond donors (Lipinski definition) is 3. The van der Waals surface area contributed by atoms with E-state index >= 15 is 0 Å². The van der Waals surface area contributed by atoms with Crippen LogP contribution < -0.4 is 10.8 Å². The lowest BCUT2D eigenvalue weighted by atomic mass is 9.76. The second kappa shape index (κ2) is 7.87. The summed E-state index contributed by atoms with van der Waals surface area (Å²) in [6.07, 6.45) is 2.11. The second-order valence-electron chi connectivity index (χ2n) is 7.51. The molecule has 1 saturated heterocycles. The van der Waals surface area contributed by atoms with Crippen molar-refractivity contribution in [2.75, 3.05) is 13.2 Å². The third-order valence-corrected chi connectivity index (χ3v) is 4.85. The molecular weight excluding hydrogens is 321 g/mol. The number of hydrogen-bond acceptors (Lipinski definition) is 5. The maximum Gasteiger partial charge on any atom is 0.491 e. The first-order chi connectivity index (χ1) is 11.6. The number of ether oxygens (including phenoxy) is 1. The Morgan fingerprint density at radius 3 is 2.48 bits per heavy atom. The molecule has 1 aromatic carbocycles. The predicted molar refractivity (Wildman–Crippen MR) is 96.8 cm³/mol. The summed E-state index contributed by atoms with van der Waals surface area (Å²) < 4.78 is 11.1. The van der Waals surface area contributed by atoms with Gasteiger partial charge in [0, 0.05) is 18.7 Å². The zero-order chi connectivity index (χ0) is 18.7. The number of rotatable bonds is 7. The Balaban J connectivity index is 1.93. The van der Waals surface area contributed by atoms with Crippen LogP contribution in [0.4, 0.5) is 0 Å². The van der Waals surface area contributed by atoms with Crippen LogP contribution in [0.5, 0.6) is 0 Å². The molecule has 0 spiro atoms. The average molecular weight is 349 g/mol. The normalized spacial score (nSPS) is 18.2. The van der Waals surface area contributed by atoms with E-state index < -0.39 is 18.3 Å². The molecule has 3 N–H and O–H groups in total. The number of amides is 1. The van der Waals surface area contributed by atoms with Crippen molar-refractivity contribution in [3.05, 3.63) is 29.8 Å². The predicted octanol–water partition coefficient (Wildman–Crippen LogP) is 0.849. The number of carbonyl (C=O) groups excluding carboxylic acids is 1. The van der Waals surface area contributed by atoms with E-state index in [1.807, 2.05) is 0 Å². The molecule has 0 aliphatic carbocycles. The maximum absolute atomic E-state index is 12.1. The minimum absolute atomic E-state index is 0.0995. The standard InChI is InChI=1S/C18H28BNO5/c1-17(2,22)18(3,4)25-19(23)14-9-7-13(8-10-14)16(21)20-12-15-6-5-11-24-15/h7-10,15,22-23H,5-6,11-12H2,1-4H3,(H,20,21). The molecule has 1 heterocycles. The van der Waals surface area contributed by atoms with Gasteiger partial charge in [0.05, 0.1) is 17.3 Å². The average Bonchev–Trinajstić information content (AvgIpc) is 3.04. The molecule has 7 heteroatoms. The molecule has 6 nitrogen and oxygen atoms in total. The lowest BCUT2D eigenvalue weighted by molar-refractivity contribution is -0.0982. The SMILES string of the molecule is CC(C)(O)C(C)(C)OB(O)c1ccc(C(=O)NCC2CCCO2)cc1. The molecule has 25 heavy (non-hydrogen) atoms. The van der Waals surface area contributed by atoms with Crippen LogP contribution in [0.2, 0.25) is 0 Å². The Morgan fingerprint density at radius 2 is 1.96 bits per heavy atom. The van der Waals surface area contributed by atoms with E-state index in [4.69, 9.17) is 9.39 Å². The van der Waals surface area contributed by atoms with Gasteiger partial charge in [-0.2, -0.15) is 0 Å². The Labute approximate surface area is 149 Å². The molecule has 1 unspecified atom stereocenters. The van der Waals surface area contributed by atoms with Gasteiger partial charge in [-0.1, -0.05) is 12.1 Å². The topological polar surface area (TPSA) is 88.0 Å². The van der Waals surface area contributed by atoms with Crippen molar-refractivity contribution in [3.8, 4) is 0 Å². The lowest BCUT2D eigenvalue weighted by Gasteiger charge is -2.38. The zero-order valence-corrected chi connectivity index (χ0v) is 15.4. The molecule has 0 saturated carbocycles. The van der Waals surface area contributed by atoms with Gasteiger partial charge in [-0.05, 0) is 58.1 Å². The van der Waals surface area contributed by atoms with Crippen LogP contribution >= 0.6 is 0 Å². The van der Waals surface area contributed by atoms with Crippen LogP contribution in [0.25, 0.3) is 0 Å². The lowest BCUT2D eigenvalue weighted by Crippen LogP contribution is -2.53. The van der Waals surface area contributed by atoms with E-state index in [2.05, 4.69) is 5.32 Å². The van der Waals surface area contributed by atoms with Crippen molar-refractivity contribution in [3.63, 3.8) is 0 Å². The smallest absolute Gasteiger partial charge is 0.423 e. The summed E-state index contributed by atoms with van der Waals surface area (Å²) >= 11 is 0. The third kappa shape index (κ3) is 5.28. The highest BCUT2D eigenvalue weighted by molar-refractivity contribution is 6.60. The van der Waals surface area contributed by atoms with Crippen molar-refractivity contribution >= 4 is 18.5 Å². The number of benzene rings is 1. The maximum atomic E-state index is 12.1. The first-order valence-corrected chi connectivity index (χ1v) is 8.68. The molecule has 1 fully saturated rings. The van der Waals surface area contributed by atoms with Gasteiger partial charge in [0.25, 0.3) is 5.91 Å². The van der Waals surface area contributed by atoms with E-state index in [9.17, 15) is 14.9 Å². The molecule has 0 bridgehead atoms. The molecule has 2 rings (SSSR count). The Morgan fingerprint density at radius 1 is 1.32 bits per heavy atom. The highest BCUT2D eigenvalue weighted by atomic mass is 16.5. The van der Waals surface area contributed by atoms with Crippen molar-refractivity contribution in [1.29, 1.82) is 0 Å². The molecule has 1 amide bonds. The van der Waals surface area contributed by atoms with E-state index in [-0.39, 0.29) is 12.0 Å². The molecule has 1 aliphatic rings. The van der Waals surface area contributed by atoms with Gasteiger partial charge in [-0.3, -0.25) is 4.79 Å². The quantitative estimate of drug-likeness (QED) is 0.635. The van der Waals surface area contributed by atoms with E-state index in [0.29, 0.717) is 17.6 Å². The summed E-state index contributed by atoms with van der Waals surface area (Å²) in [6, 6.07) is 6.58. The second-order valence-corrected chi connectivity index (χ2v) is 7.51. The first-order valence-electron chi connectivity index (χ1n) is 8.68. The van der Waals surface area contributed by atoms with Crippen LogP contribution in [-0.2, 0) is 9.39 Å². The summed E-state index contributed by atoms with van der Waals surface area (Å²) in [5.74, 6) is -0.172. The number of aliphatic hydroxyl groups is 1. The van der Waals surface area contributed by atoms with E-state index in [1.165, 1.54) is 0 Å². The molecule has 1 atom stereocenters. The van der Waals surface area contributed by atoms with Gasteiger partial charge in [-0.15, -0.1) is 0 Å². The van der Waals surface area contributed by atoms with Gasteiger partial charge in [0.2, 0.25) is 0 Å². The van der Waals surface area contributed by atoms with Crippen molar-refractivity contribution in [2.24, 2.45) is 0 Å². The van der Waals surface area contributed by atoms with Crippen molar-refractivity contribution in [2.45, 2.75) is 57.8 Å². The van der Waals surface area contributed by atoms with E-state index in [0.717, 1.165) is 19.4 Å². The fourth-order valence-corrected chi connectivity index (χ4v) is 2.40. The first kappa shape index (κ1) is 19.9. The summed E-state index contributed by atoms with van der Waals surface area (Å²) in [4.78, 5) is 12.1. The van der Waals surface area contributed by atoms with Crippen LogP contribution in [0, 0.1) is 0 Å². The van der Waals surface area contributed by atoms with Crippen molar-refractivity contribution < 1.29 is 24.3 Å². The molecule has 1 aromatic rings. The van der Waals surface area contributed by atoms with Crippen LogP contribution in [0.15, 0.2) is 24.3 Å². The monoisotopic (exact) mass is 349 g/mol. The van der Waals surface area contributed by atoms with Gasteiger partial charge >= 0.3 is 7.12 Å². The van der Waals surface area contributed by atoms with Crippen LogP contribution in [-0.4, -0.2) is 53.6 Å². The molecular formula is C18H28BNO5. The Bertz CT molecular complexity index is 576. The molecule has 0 radical (unpaired) electrons. The molecule has 1 aliphatic heterocycles. The highest BCUT2D eigenvalue weighted by Gasteiger charge is 2.39. The summed E-state index contributed by atoms with van der Waals surface area (Å²) in [7, 11) is -1.19. The molecule has 138 valence electrons. The summed E-state index contributed by atoms with van der Waals surface area (Å²) in [5.41, 5.74) is -1.02. The van der Waals surface area contributed by atoms with Gasteiger partial charge in [0.1, 0.15) is 0 Å². The third-order valence-electron chi connectivity index (χ3n) is 4.85. The fourth-order valence-electron chi connectivity index (χ4n) is 2.40. The summed E-state index contributed by atoms with van der Waals surface area (Å²) in [5, 5.41) is 23.2. The highest BCUT2D eigenvalue weighted by Crippen LogP contribution is 2.25. The Hall–Kier alpha value is -1.41. The van der Waals surface area contributed by atoms with Crippen LogP contribution in [0.1, 0.15) is 50.9 Å². The Kier molecular flexibility index (Phi) is 6.27. The van der Waals surface area contributed by atoms with E-state index in [1.54, 1.807) is 52.0 Å². The zero-order valence-electron chi connectivity index (χ0n) is 15.4. The summed E-state index contributed by atoms with van der Waals surface area (Å²) in [6.45, 7) is 7.94. The van der Waals surface area contributed by atoms with Gasteiger partial charge in [-0.25, -0.2) is 0 Å². The fraction of sp³-hybridized carbons (Fsp3) is 0.611. The van der Waals surface area contributed by atoms with Gasteiger partial charge < -0.3 is 24.8 Å². The number of nitrogens with one attached hydrogen (secondary N) is 1. The molecule has 0 aromatic heterocycles. The number of carbonyl (C=O) groups is 1. The van der Waals surface area contributed by atoms with Gasteiger partial charge in [0.15, 0.2) is 0 Å². The van der Waals surface area contributed by atoms with Crippen LogP contribution in [0.3, 0.4) is 0 Å². The largest absolute Gasteiger partial charge is 0.491 e.